The standard InChI is InChI=1S/C18H18ClNO3/c1-11(2)8-12-10-20(15-9-13(19)4-5-14(12)15)17-7-6-16(23-17)18(21)22-3/h4-7,9-11H,8H2,1-3H3. The Labute approximate surface area is 139 Å². The van der Waals surface area contributed by atoms with Gasteiger partial charge in [-0.25, -0.2) is 4.79 Å². The molecule has 0 fully saturated rings. The third-order valence-electron chi connectivity index (χ3n) is 3.69. The number of carbonyl (C=O) groups excluding carboxylic acids is 1. The number of methoxy groups -OCH3 is 1. The highest BCUT2D eigenvalue weighted by molar-refractivity contribution is 6.31. The van der Waals surface area contributed by atoms with E-state index in [1.165, 1.54) is 12.7 Å². The average molecular weight is 332 g/mol. The Hall–Kier alpha value is -2.20. The number of fused-ring (bicyclic) bond motifs is 1. The summed E-state index contributed by atoms with van der Waals surface area (Å²) in [5.41, 5.74) is 2.18. The highest BCUT2D eigenvalue weighted by atomic mass is 35.5. The Morgan fingerprint density at radius 1 is 1.30 bits per heavy atom. The minimum absolute atomic E-state index is 0.178. The molecule has 23 heavy (non-hydrogen) atoms. The predicted octanol–water partition coefficient (Wildman–Crippen LogP) is 4.86. The largest absolute Gasteiger partial charge is 0.463 e. The molecule has 2 heterocycles. The number of furan rings is 1. The molecule has 0 aliphatic rings. The monoisotopic (exact) mass is 331 g/mol. The van der Waals surface area contributed by atoms with Gasteiger partial charge < -0.3 is 9.15 Å². The van der Waals surface area contributed by atoms with E-state index in [0.717, 1.165) is 17.3 Å². The van der Waals surface area contributed by atoms with Crippen LogP contribution in [0.1, 0.15) is 30.0 Å². The summed E-state index contributed by atoms with van der Waals surface area (Å²) >= 11 is 6.15. The molecule has 1 aromatic carbocycles. The average Bonchev–Trinajstić information content (AvgIpc) is 3.11. The SMILES string of the molecule is COC(=O)c1ccc(-n2cc(CC(C)C)c3ccc(Cl)cc32)o1. The second-order valence-electron chi connectivity index (χ2n) is 5.91. The molecule has 5 heteroatoms. The van der Waals surface area contributed by atoms with Gasteiger partial charge in [0, 0.05) is 22.7 Å². The van der Waals surface area contributed by atoms with Gasteiger partial charge in [0.25, 0.3) is 0 Å². The molecule has 3 rings (SSSR count). The zero-order chi connectivity index (χ0) is 16.6. The minimum Gasteiger partial charge on any atom is -0.463 e. The van der Waals surface area contributed by atoms with E-state index in [2.05, 4.69) is 18.6 Å². The smallest absolute Gasteiger partial charge is 0.374 e. The van der Waals surface area contributed by atoms with Gasteiger partial charge in [0.1, 0.15) is 0 Å². The van der Waals surface area contributed by atoms with Crippen LogP contribution in [0.5, 0.6) is 0 Å². The number of hydrogen-bond donors (Lipinski definition) is 0. The number of hydrogen-bond acceptors (Lipinski definition) is 3. The molecule has 0 aliphatic heterocycles. The Bertz CT molecular complexity index is 860. The van der Waals surface area contributed by atoms with Crippen LogP contribution in [0.4, 0.5) is 0 Å². The molecule has 0 radical (unpaired) electrons. The number of ether oxygens (including phenoxy) is 1. The van der Waals surface area contributed by atoms with Crippen molar-refractivity contribution in [3.63, 3.8) is 0 Å². The van der Waals surface area contributed by atoms with E-state index in [1.807, 2.05) is 29.0 Å². The maximum Gasteiger partial charge on any atom is 0.374 e. The number of nitrogens with zero attached hydrogens (tertiary/aromatic N) is 1. The van der Waals surface area contributed by atoms with Crippen molar-refractivity contribution in [3.8, 4) is 5.88 Å². The first-order valence-corrected chi connectivity index (χ1v) is 7.85. The number of benzene rings is 1. The Kier molecular flexibility index (Phi) is 4.18. The van der Waals surface area contributed by atoms with Crippen LogP contribution in [-0.2, 0) is 11.2 Å². The summed E-state index contributed by atoms with van der Waals surface area (Å²) in [5, 5.41) is 1.80. The summed E-state index contributed by atoms with van der Waals surface area (Å²) in [7, 11) is 1.33. The molecule has 0 amide bonds. The molecular weight excluding hydrogens is 314 g/mol. The van der Waals surface area contributed by atoms with Crippen molar-refractivity contribution < 1.29 is 13.9 Å². The van der Waals surface area contributed by atoms with E-state index in [9.17, 15) is 4.79 Å². The van der Waals surface area contributed by atoms with Gasteiger partial charge in [0.15, 0.2) is 0 Å². The lowest BCUT2D eigenvalue weighted by molar-refractivity contribution is 0.0565. The highest BCUT2D eigenvalue weighted by Crippen LogP contribution is 2.30. The van der Waals surface area contributed by atoms with E-state index in [1.54, 1.807) is 12.1 Å². The minimum atomic E-state index is -0.492. The molecule has 0 aliphatic carbocycles. The summed E-state index contributed by atoms with van der Waals surface area (Å²) in [6.07, 6.45) is 3.00. The van der Waals surface area contributed by atoms with E-state index in [0.29, 0.717) is 16.8 Å². The van der Waals surface area contributed by atoms with Crippen molar-refractivity contribution in [1.29, 1.82) is 0 Å². The Morgan fingerprint density at radius 2 is 2.09 bits per heavy atom. The molecule has 0 spiro atoms. The fourth-order valence-electron chi connectivity index (χ4n) is 2.72. The van der Waals surface area contributed by atoms with Crippen LogP contribution in [0.15, 0.2) is 40.9 Å². The van der Waals surface area contributed by atoms with Crippen LogP contribution in [0.25, 0.3) is 16.8 Å². The molecule has 0 saturated carbocycles. The van der Waals surface area contributed by atoms with E-state index >= 15 is 0 Å². The molecule has 0 N–H and O–H groups in total. The zero-order valence-electron chi connectivity index (χ0n) is 13.3. The van der Waals surface area contributed by atoms with Crippen molar-refractivity contribution in [1.82, 2.24) is 4.57 Å². The van der Waals surface area contributed by atoms with Crippen molar-refractivity contribution >= 4 is 28.5 Å². The third-order valence-corrected chi connectivity index (χ3v) is 3.93. The van der Waals surface area contributed by atoms with Crippen LogP contribution < -0.4 is 0 Å². The van der Waals surface area contributed by atoms with Crippen LogP contribution in [0.3, 0.4) is 0 Å². The molecule has 0 atom stereocenters. The first kappa shape index (κ1) is 15.7. The number of aromatic nitrogens is 1. The second-order valence-corrected chi connectivity index (χ2v) is 6.35. The Balaban J connectivity index is 2.14. The number of carbonyl (C=O) groups is 1. The molecule has 120 valence electrons. The van der Waals surface area contributed by atoms with Crippen LogP contribution in [0.2, 0.25) is 5.02 Å². The molecule has 0 saturated heterocycles. The van der Waals surface area contributed by atoms with Crippen molar-refractivity contribution in [2.24, 2.45) is 5.92 Å². The summed E-state index contributed by atoms with van der Waals surface area (Å²) in [4.78, 5) is 11.6. The quantitative estimate of drug-likeness (QED) is 0.641. The van der Waals surface area contributed by atoms with Crippen molar-refractivity contribution in [2.75, 3.05) is 7.11 Å². The lowest BCUT2D eigenvalue weighted by Crippen LogP contribution is -1.98. The van der Waals surface area contributed by atoms with Gasteiger partial charge in [-0.3, -0.25) is 4.57 Å². The van der Waals surface area contributed by atoms with Crippen LogP contribution in [0, 0.1) is 5.92 Å². The predicted molar refractivity (Wildman–Crippen MR) is 90.4 cm³/mol. The first-order valence-electron chi connectivity index (χ1n) is 7.47. The van der Waals surface area contributed by atoms with Gasteiger partial charge in [0.2, 0.25) is 11.6 Å². The lowest BCUT2D eigenvalue weighted by Gasteiger charge is -2.02. The maximum atomic E-state index is 11.6. The Morgan fingerprint density at radius 3 is 2.78 bits per heavy atom. The van der Waals surface area contributed by atoms with E-state index in [-0.39, 0.29) is 5.76 Å². The summed E-state index contributed by atoms with van der Waals surface area (Å²) in [5.74, 6) is 0.782. The zero-order valence-corrected chi connectivity index (χ0v) is 14.1. The molecule has 0 bridgehead atoms. The number of esters is 1. The summed E-state index contributed by atoms with van der Waals surface area (Å²) in [6, 6.07) is 9.18. The van der Waals surface area contributed by atoms with E-state index < -0.39 is 5.97 Å². The fraction of sp³-hybridized carbons (Fsp3) is 0.278. The fourth-order valence-corrected chi connectivity index (χ4v) is 2.89. The van der Waals surface area contributed by atoms with Gasteiger partial charge in [-0.15, -0.1) is 0 Å². The van der Waals surface area contributed by atoms with Crippen LogP contribution >= 0.6 is 11.6 Å². The highest BCUT2D eigenvalue weighted by Gasteiger charge is 2.16. The topological polar surface area (TPSA) is 44.4 Å². The van der Waals surface area contributed by atoms with Gasteiger partial charge in [-0.1, -0.05) is 31.5 Å². The molecule has 2 aromatic heterocycles. The normalized spacial score (nSPS) is 11.3. The third kappa shape index (κ3) is 2.99. The van der Waals surface area contributed by atoms with Crippen molar-refractivity contribution in [2.45, 2.75) is 20.3 Å². The van der Waals surface area contributed by atoms with Crippen LogP contribution in [-0.4, -0.2) is 17.6 Å². The first-order chi connectivity index (χ1) is 11.0. The summed E-state index contributed by atoms with van der Waals surface area (Å²) < 4.78 is 12.2. The van der Waals surface area contributed by atoms with Gasteiger partial charge in [0.05, 0.1) is 12.6 Å². The molecule has 4 nitrogen and oxygen atoms in total. The number of rotatable bonds is 4. The van der Waals surface area contributed by atoms with Gasteiger partial charge in [-0.2, -0.15) is 0 Å². The molecular formula is C18H18ClNO3. The van der Waals surface area contributed by atoms with Gasteiger partial charge >= 0.3 is 5.97 Å². The second kappa shape index (κ2) is 6.13. The van der Waals surface area contributed by atoms with Crippen molar-refractivity contribution in [3.05, 3.63) is 52.9 Å². The summed E-state index contributed by atoms with van der Waals surface area (Å²) in [6.45, 7) is 4.36. The molecule has 3 aromatic rings. The maximum absolute atomic E-state index is 11.6. The number of halogens is 1. The molecule has 0 unspecified atom stereocenters. The van der Waals surface area contributed by atoms with E-state index in [4.69, 9.17) is 16.0 Å². The van der Waals surface area contributed by atoms with Gasteiger partial charge in [-0.05, 0) is 36.1 Å². The lowest BCUT2D eigenvalue weighted by atomic mass is 10.0.